The molecule has 30 heavy (non-hydrogen) atoms. The lowest BCUT2D eigenvalue weighted by molar-refractivity contribution is -0.139. The first-order chi connectivity index (χ1) is 14.4. The van der Waals surface area contributed by atoms with Crippen LogP contribution < -0.4 is 5.32 Å². The average Bonchev–Trinajstić information content (AvgIpc) is 3.08. The van der Waals surface area contributed by atoms with Crippen LogP contribution in [0.2, 0.25) is 0 Å². The van der Waals surface area contributed by atoms with Crippen LogP contribution in [0, 0.1) is 17.5 Å². The third-order valence-electron chi connectivity index (χ3n) is 5.32. The topological polar surface area (TPSA) is 65.2 Å². The first-order valence-electron chi connectivity index (χ1n) is 9.68. The molecule has 1 aliphatic rings. The molecular formula is C22H20F3N3O2. The molecule has 0 saturated carbocycles. The Morgan fingerprint density at radius 1 is 1.10 bits per heavy atom. The van der Waals surface area contributed by atoms with Crippen molar-refractivity contribution < 1.29 is 22.8 Å². The summed E-state index contributed by atoms with van der Waals surface area (Å²) in [5.74, 6) is -2.37. The zero-order chi connectivity index (χ0) is 21.3. The van der Waals surface area contributed by atoms with Crippen LogP contribution in [0.15, 0.2) is 42.6 Å². The number of rotatable bonds is 5. The van der Waals surface area contributed by atoms with Crippen LogP contribution >= 0.6 is 0 Å². The molecule has 0 radical (unpaired) electrons. The third kappa shape index (κ3) is 4.17. The number of hydrogen-bond acceptors (Lipinski definition) is 2. The van der Waals surface area contributed by atoms with Crippen LogP contribution in [-0.2, 0) is 22.6 Å². The molecule has 4 rings (SSSR count). The number of carbonyl (C=O) groups is 2. The number of halogens is 3. The Morgan fingerprint density at radius 3 is 2.67 bits per heavy atom. The van der Waals surface area contributed by atoms with E-state index in [1.807, 2.05) is 0 Å². The Balaban J connectivity index is 1.41. The normalized spacial score (nSPS) is 16.8. The Kier molecular flexibility index (Phi) is 5.48. The van der Waals surface area contributed by atoms with Gasteiger partial charge in [0.05, 0.1) is 6.42 Å². The summed E-state index contributed by atoms with van der Waals surface area (Å²) >= 11 is 0. The third-order valence-corrected chi connectivity index (χ3v) is 5.32. The molecule has 2 aromatic carbocycles. The molecular weight excluding hydrogens is 395 g/mol. The largest absolute Gasteiger partial charge is 0.361 e. The van der Waals surface area contributed by atoms with Gasteiger partial charge >= 0.3 is 0 Å². The van der Waals surface area contributed by atoms with Crippen LogP contribution in [-0.4, -0.2) is 34.3 Å². The van der Waals surface area contributed by atoms with E-state index in [1.54, 1.807) is 12.3 Å². The van der Waals surface area contributed by atoms with Gasteiger partial charge in [0.15, 0.2) is 0 Å². The number of hydrogen-bond donors (Lipinski definition) is 2. The zero-order valence-corrected chi connectivity index (χ0v) is 16.1. The van der Waals surface area contributed by atoms with Crippen LogP contribution in [0.5, 0.6) is 0 Å². The van der Waals surface area contributed by atoms with E-state index in [9.17, 15) is 22.8 Å². The number of amides is 2. The molecule has 2 heterocycles. The van der Waals surface area contributed by atoms with Gasteiger partial charge in [0.2, 0.25) is 11.8 Å². The second-order valence-electron chi connectivity index (χ2n) is 7.44. The van der Waals surface area contributed by atoms with Gasteiger partial charge in [-0.2, -0.15) is 0 Å². The van der Waals surface area contributed by atoms with Crippen molar-refractivity contribution in [1.29, 1.82) is 0 Å². The van der Waals surface area contributed by atoms with Crippen molar-refractivity contribution in [3.8, 4) is 0 Å². The van der Waals surface area contributed by atoms with Crippen molar-refractivity contribution in [3.63, 3.8) is 0 Å². The van der Waals surface area contributed by atoms with Gasteiger partial charge in [0.1, 0.15) is 23.5 Å². The van der Waals surface area contributed by atoms with Crippen LogP contribution in [0.25, 0.3) is 10.9 Å². The molecule has 1 unspecified atom stereocenters. The minimum absolute atomic E-state index is 0.0192. The summed E-state index contributed by atoms with van der Waals surface area (Å²) in [6.07, 6.45) is 2.84. The van der Waals surface area contributed by atoms with E-state index in [-0.39, 0.29) is 36.2 Å². The van der Waals surface area contributed by atoms with E-state index in [2.05, 4.69) is 10.3 Å². The first kappa shape index (κ1) is 20.0. The van der Waals surface area contributed by atoms with Crippen molar-refractivity contribution >= 4 is 22.7 Å². The summed E-state index contributed by atoms with van der Waals surface area (Å²) in [4.78, 5) is 29.7. The lowest BCUT2D eigenvalue weighted by Gasteiger charge is -2.32. The van der Waals surface area contributed by atoms with Gasteiger partial charge in [-0.15, -0.1) is 0 Å². The van der Waals surface area contributed by atoms with Crippen molar-refractivity contribution in [2.24, 2.45) is 0 Å². The van der Waals surface area contributed by atoms with Crippen molar-refractivity contribution in [3.05, 3.63) is 71.2 Å². The highest BCUT2D eigenvalue weighted by molar-refractivity contribution is 5.92. The molecule has 1 atom stereocenters. The summed E-state index contributed by atoms with van der Waals surface area (Å²) in [5.41, 5.74) is 1.53. The smallest absolute Gasteiger partial charge is 0.245 e. The maximum atomic E-state index is 13.9. The zero-order valence-electron chi connectivity index (χ0n) is 16.1. The summed E-state index contributed by atoms with van der Waals surface area (Å²) < 4.78 is 40.3. The number of fused-ring (bicyclic) bond motifs is 1. The Labute approximate surface area is 170 Å². The number of benzene rings is 2. The first-order valence-corrected chi connectivity index (χ1v) is 9.68. The number of nitrogens with one attached hydrogen (secondary N) is 2. The minimum atomic E-state index is -0.704. The second-order valence-corrected chi connectivity index (χ2v) is 7.44. The number of aromatic nitrogens is 1. The predicted octanol–water partition coefficient (Wildman–Crippen LogP) is 3.44. The molecule has 0 bridgehead atoms. The fourth-order valence-corrected chi connectivity index (χ4v) is 3.81. The molecule has 1 fully saturated rings. The van der Waals surface area contributed by atoms with Crippen molar-refractivity contribution in [1.82, 2.24) is 15.2 Å². The molecule has 156 valence electrons. The lowest BCUT2D eigenvalue weighted by Crippen LogP contribution is -2.52. The van der Waals surface area contributed by atoms with E-state index in [1.165, 1.54) is 23.1 Å². The number of likely N-dealkylation sites (tertiary alicyclic amines) is 1. The van der Waals surface area contributed by atoms with Gasteiger partial charge in [-0.1, -0.05) is 6.07 Å². The van der Waals surface area contributed by atoms with E-state index < -0.39 is 17.7 Å². The highest BCUT2D eigenvalue weighted by Gasteiger charge is 2.30. The van der Waals surface area contributed by atoms with Crippen LogP contribution in [0.4, 0.5) is 13.2 Å². The highest BCUT2D eigenvalue weighted by atomic mass is 19.1. The molecule has 2 amide bonds. The van der Waals surface area contributed by atoms with Crippen LogP contribution in [0.3, 0.4) is 0 Å². The van der Waals surface area contributed by atoms with E-state index >= 15 is 0 Å². The second kappa shape index (κ2) is 8.22. The van der Waals surface area contributed by atoms with E-state index in [4.69, 9.17) is 0 Å². The number of piperidine rings is 1. The maximum Gasteiger partial charge on any atom is 0.245 e. The van der Waals surface area contributed by atoms with Crippen molar-refractivity contribution in [2.75, 3.05) is 6.54 Å². The van der Waals surface area contributed by atoms with Gasteiger partial charge in [-0.3, -0.25) is 9.59 Å². The summed E-state index contributed by atoms with van der Waals surface area (Å²) in [5, 5.41) is 3.50. The number of carbonyl (C=O) groups excluding carboxylic acids is 2. The fourth-order valence-electron chi connectivity index (χ4n) is 3.81. The fraction of sp³-hybridized carbons (Fsp3) is 0.273. The average molecular weight is 415 g/mol. The molecule has 1 aliphatic heterocycles. The highest BCUT2D eigenvalue weighted by Crippen LogP contribution is 2.21. The lowest BCUT2D eigenvalue weighted by atomic mass is 10.0. The summed E-state index contributed by atoms with van der Waals surface area (Å²) in [7, 11) is 0. The molecule has 3 aromatic rings. The van der Waals surface area contributed by atoms with E-state index in [0.717, 1.165) is 17.5 Å². The number of aromatic amines is 1. The minimum Gasteiger partial charge on any atom is -0.361 e. The Bertz CT molecular complexity index is 1110. The molecule has 1 aromatic heterocycles. The number of nitrogens with zero attached hydrogens (tertiary/aromatic N) is 1. The Hall–Kier alpha value is -3.29. The summed E-state index contributed by atoms with van der Waals surface area (Å²) in [6, 6.07) is 6.85. The summed E-state index contributed by atoms with van der Waals surface area (Å²) in [6.45, 7) is 0.460. The molecule has 1 saturated heterocycles. The maximum absolute atomic E-state index is 13.9. The Morgan fingerprint density at radius 2 is 1.87 bits per heavy atom. The number of H-pyrrole nitrogens is 1. The molecule has 0 spiro atoms. The monoisotopic (exact) mass is 415 g/mol. The quantitative estimate of drug-likeness (QED) is 0.671. The van der Waals surface area contributed by atoms with Gasteiger partial charge in [-0.25, -0.2) is 13.2 Å². The van der Waals surface area contributed by atoms with Gasteiger partial charge in [0.25, 0.3) is 0 Å². The van der Waals surface area contributed by atoms with E-state index in [0.29, 0.717) is 30.5 Å². The molecule has 8 heteroatoms. The standard InChI is InChI=1S/C22H20F3N3O2/c23-15-4-3-13(18(25)9-15)12-28-7-1-2-19(22(28)30)27-21(29)8-14-11-26-20-10-16(24)5-6-17(14)20/h3-6,9-11,19,26H,1-2,7-8,12H2,(H,27,29). The van der Waals surface area contributed by atoms with Gasteiger partial charge < -0.3 is 15.2 Å². The molecule has 0 aliphatic carbocycles. The van der Waals surface area contributed by atoms with Gasteiger partial charge in [0, 0.05) is 41.8 Å². The molecule has 5 nitrogen and oxygen atoms in total. The predicted molar refractivity (Wildman–Crippen MR) is 105 cm³/mol. The van der Waals surface area contributed by atoms with Crippen molar-refractivity contribution in [2.45, 2.75) is 31.8 Å². The molecule has 2 N–H and O–H groups in total. The van der Waals surface area contributed by atoms with Crippen LogP contribution in [0.1, 0.15) is 24.0 Å². The van der Waals surface area contributed by atoms with Gasteiger partial charge in [-0.05, 0) is 42.7 Å². The SMILES string of the molecule is O=C(Cc1c[nH]c2cc(F)ccc12)NC1CCCN(Cc2ccc(F)cc2F)C1=O.